The van der Waals surface area contributed by atoms with Gasteiger partial charge in [-0.15, -0.1) is 0 Å². The van der Waals surface area contributed by atoms with Gasteiger partial charge in [-0.25, -0.2) is 4.99 Å². The highest BCUT2D eigenvalue weighted by atomic mass is 35.5. The van der Waals surface area contributed by atoms with E-state index in [2.05, 4.69) is 10.3 Å². The first kappa shape index (κ1) is 17.6. The Balaban J connectivity index is 1.91. The number of carbonyl (C=O) groups is 2. The lowest BCUT2D eigenvalue weighted by molar-refractivity contribution is -0.116. The van der Waals surface area contributed by atoms with Gasteiger partial charge in [-0.05, 0) is 41.8 Å². The summed E-state index contributed by atoms with van der Waals surface area (Å²) in [6.07, 6.45) is 7.06. The van der Waals surface area contributed by atoms with E-state index in [1.807, 2.05) is 19.9 Å². The molecule has 6 heteroatoms. The van der Waals surface area contributed by atoms with Gasteiger partial charge < -0.3 is 5.32 Å². The average molecular weight is 375 g/mol. The van der Waals surface area contributed by atoms with E-state index in [0.29, 0.717) is 15.8 Å². The number of nitrogens with one attached hydrogen (secondary N) is 1. The number of aliphatic imine (C=N–C) groups is 1. The fraction of sp³-hybridized carbons (Fsp3) is 0.211. The summed E-state index contributed by atoms with van der Waals surface area (Å²) in [6, 6.07) is 4.66. The molecule has 1 heterocycles. The smallest absolute Gasteiger partial charge is 0.279 e. The predicted molar refractivity (Wildman–Crippen MR) is 100 cm³/mol. The standard InChI is InChI=1S/C19H16Cl2N2O2/c1-10(2)14-9-18(24)23-17-8-12(4-5-13(14)17)22-19(25)15-7-11(20)3-6-16(15)21/h3-10,13H,1-2H3,(H,23,24). The van der Waals surface area contributed by atoms with Gasteiger partial charge >= 0.3 is 0 Å². The minimum Gasteiger partial charge on any atom is -0.325 e. The average Bonchev–Trinajstić information content (AvgIpc) is 2.55. The molecular weight excluding hydrogens is 359 g/mol. The van der Waals surface area contributed by atoms with E-state index in [1.165, 1.54) is 6.07 Å². The fourth-order valence-corrected chi connectivity index (χ4v) is 3.22. The zero-order chi connectivity index (χ0) is 18.1. The van der Waals surface area contributed by atoms with Gasteiger partial charge in [-0.1, -0.05) is 43.1 Å². The van der Waals surface area contributed by atoms with Crippen LogP contribution in [0.25, 0.3) is 0 Å². The number of nitrogens with zero attached hydrogens (tertiary/aromatic N) is 1. The molecule has 128 valence electrons. The molecule has 1 unspecified atom stereocenters. The largest absolute Gasteiger partial charge is 0.325 e. The summed E-state index contributed by atoms with van der Waals surface area (Å²) in [4.78, 5) is 28.4. The van der Waals surface area contributed by atoms with E-state index in [4.69, 9.17) is 23.2 Å². The maximum Gasteiger partial charge on any atom is 0.279 e. The van der Waals surface area contributed by atoms with Crippen LogP contribution in [0.3, 0.4) is 0 Å². The van der Waals surface area contributed by atoms with Crippen molar-refractivity contribution in [2.24, 2.45) is 16.8 Å². The molecule has 1 aliphatic carbocycles. The molecule has 1 N–H and O–H groups in total. The molecule has 1 aromatic rings. The second-order valence-corrected chi connectivity index (χ2v) is 7.03. The summed E-state index contributed by atoms with van der Waals surface area (Å²) in [7, 11) is 0. The van der Waals surface area contributed by atoms with Gasteiger partial charge in [0.2, 0.25) is 5.91 Å². The summed E-state index contributed by atoms with van der Waals surface area (Å²) >= 11 is 12.0. The van der Waals surface area contributed by atoms with Gasteiger partial charge in [-0.3, -0.25) is 9.59 Å². The Morgan fingerprint density at radius 3 is 2.72 bits per heavy atom. The number of benzene rings is 1. The number of carbonyl (C=O) groups excluding carboxylic acids is 2. The van der Waals surface area contributed by atoms with E-state index in [1.54, 1.807) is 30.4 Å². The summed E-state index contributed by atoms with van der Waals surface area (Å²) < 4.78 is 0. The Morgan fingerprint density at radius 1 is 1.24 bits per heavy atom. The molecule has 1 aliphatic heterocycles. The molecule has 0 aromatic heterocycles. The van der Waals surface area contributed by atoms with Crippen molar-refractivity contribution in [3.05, 3.63) is 69.4 Å². The summed E-state index contributed by atoms with van der Waals surface area (Å²) in [5.74, 6) is -0.398. The molecule has 25 heavy (non-hydrogen) atoms. The van der Waals surface area contributed by atoms with Crippen molar-refractivity contribution in [3.63, 3.8) is 0 Å². The van der Waals surface area contributed by atoms with E-state index in [-0.39, 0.29) is 23.3 Å². The lowest BCUT2D eigenvalue weighted by atomic mass is 9.82. The third-order valence-electron chi connectivity index (χ3n) is 4.08. The highest BCUT2D eigenvalue weighted by molar-refractivity contribution is 6.36. The van der Waals surface area contributed by atoms with Crippen molar-refractivity contribution >= 4 is 40.7 Å². The van der Waals surface area contributed by atoms with E-state index in [9.17, 15) is 9.59 Å². The van der Waals surface area contributed by atoms with Crippen LogP contribution in [0, 0.1) is 11.8 Å². The monoisotopic (exact) mass is 374 g/mol. The first-order chi connectivity index (χ1) is 11.8. The van der Waals surface area contributed by atoms with Gasteiger partial charge in [0.05, 0.1) is 16.3 Å². The Labute approximate surface area is 155 Å². The number of allylic oxidation sites excluding steroid dienone is 3. The summed E-state index contributed by atoms with van der Waals surface area (Å²) in [5, 5.41) is 3.53. The van der Waals surface area contributed by atoms with Crippen molar-refractivity contribution in [1.82, 2.24) is 5.32 Å². The number of hydrogen-bond donors (Lipinski definition) is 1. The molecule has 1 atom stereocenters. The SMILES string of the molecule is CC(C)C1=CC(=O)NC2=CC(=NC(=O)c3cc(Cl)ccc3Cl)C=CC21. The van der Waals surface area contributed by atoms with Crippen molar-refractivity contribution in [1.29, 1.82) is 0 Å². The lowest BCUT2D eigenvalue weighted by Gasteiger charge is -2.29. The Morgan fingerprint density at radius 2 is 2.00 bits per heavy atom. The van der Waals surface area contributed by atoms with Crippen LogP contribution in [-0.4, -0.2) is 17.5 Å². The van der Waals surface area contributed by atoms with Gasteiger partial charge in [0.1, 0.15) is 0 Å². The molecule has 2 aliphatic rings. The van der Waals surface area contributed by atoms with Gasteiger partial charge in [0, 0.05) is 22.7 Å². The van der Waals surface area contributed by atoms with E-state index >= 15 is 0 Å². The highest BCUT2D eigenvalue weighted by Crippen LogP contribution is 2.31. The molecule has 3 rings (SSSR count). The normalized spacial score (nSPS) is 20.9. The topological polar surface area (TPSA) is 58.5 Å². The fourth-order valence-electron chi connectivity index (χ4n) is 2.85. The Bertz CT molecular complexity index is 879. The van der Waals surface area contributed by atoms with Crippen LogP contribution in [0.15, 0.2) is 58.8 Å². The van der Waals surface area contributed by atoms with Crippen LogP contribution in [0.5, 0.6) is 0 Å². The Hall–Kier alpha value is -2.17. The number of hydrogen-bond acceptors (Lipinski definition) is 2. The number of fused-ring (bicyclic) bond motifs is 1. The van der Waals surface area contributed by atoms with Crippen LogP contribution >= 0.6 is 23.2 Å². The molecule has 0 bridgehead atoms. The third kappa shape index (κ3) is 3.75. The summed E-state index contributed by atoms with van der Waals surface area (Å²) in [6.45, 7) is 4.09. The molecule has 4 nitrogen and oxygen atoms in total. The molecular formula is C19H16Cl2N2O2. The zero-order valence-corrected chi connectivity index (χ0v) is 15.2. The van der Waals surface area contributed by atoms with Gasteiger partial charge in [-0.2, -0.15) is 0 Å². The molecule has 0 spiro atoms. The van der Waals surface area contributed by atoms with Crippen LogP contribution in [0.1, 0.15) is 24.2 Å². The second-order valence-electron chi connectivity index (χ2n) is 6.19. The first-order valence-electron chi connectivity index (χ1n) is 7.85. The maximum absolute atomic E-state index is 12.4. The molecule has 0 saturated heterocycles. The van der Waals surface area contributed by atoms with Crippen molar-refractivity contribution < 1.29 is 9.59 Å². The van der Waals surface area contributed by atoms with E-state index < -0.39 is 5.91 Å². The van der Waals surface area contributed by atoms with Gasteiger partial charge in [0.15, 0.2) is 0 Å². The van der Waals surface area contributed by atoms with Crippen molar-refractivity contribution in [2.45, 2.75) is 13.8 Å². The van der Waals surface area contributed by atoms with Crippen LogP contribution < -0.4 is 5.32 Å². The third-order valence-corrected chi connectivity index (χ3v) is 4.64. The van der Waals surface area contributed by atoms with Crippen molar-refractivity contribution in [3.8, 4) is 0 Å². The van der Waals surface area contributed by atoms with E-state index in [0.717, 1.165) is 11.3 Å². The number of halogens is 2. The maximum atomic E-state index is 12.4. The molecule has 0 saturated carbocycles. The minimum absolute atomic E-state index is 0.00140. The predicted octanol–water partition coefficient (Wildman–Crippen LogP) is 4.36. The number of amides is 2. The quantitative estimate of drug-likeness (QED) is 0.835. The summed E-state index contributed by atoms with van der Waals surface area (Å²) in [5.41, 5.74) is 2.46. The molecule has 1 aromatic carbocycles. The van der Waals surface area contributed by atoms with Crippen LogP contribution in [0.4, 0.5) is 0 Å². The van der Waals surface area contributed by atoms with Crippen LogP contribution in [-0.2, 0) is 4.79 Å². The second kappa shape index (κ2) is 6.98. The zero-order valence-electron chi connectivity index (χ0n) is 13.7. The highest BCUT2D eigenvalue weighted by Gasteiger charge is 2.28. The number of rotatable bonds is 2. The lowest BCUT2D eigenvalue weighted by Crippen LogP contribution is -2.34. The van der Waals surface area contributed by atoms with Crippen LogP contribution in [0.2, 0.25) is 10.0 Å². The Kier molecular flexibility index (Phi) is 4.93. The molecule has 0 fully saturated rings. The van der Waals surface area contributed by atoms with Gasteiger partial charge in [0.25, 0.3) is 5.91 Å². The molecule has 0 radical (unpaired) electrons. The molecule has 2 amide bonds. The first-order valence-corrected chi connectivity index (χ1v) is 8.61. The minimum atomic E-state index is -0.482. The van der Waals surface area contributed by atoms with Crippen molar-refractivity contribution in [2.75, 3.05) is 0 Å².